The van der Waals surface area contributed by atoms with E-state index >= 15 is 0 Å². The van der Waals surface area contributed by atoms with Gasteiger partial charge in [-0.3, -0.25) is 4.79 Å². The van der Waals surface area contributed by atoms with Gasteiger partial charge in [-0.05, 0) is 45.0 Å². The Morgan fingerprint density at radius 3 is 2.48 bits per heavy atom. The summed E-state index contributed by atoms with van der Waals surface area (Å²) in [5.41, 5.74) is 1.65. The molecule has 0 fully saturated rings. The summed E-state index contributed by atoms with van der Waals surface area (Å²) in [5.74, 6) is 0. The van der Waals surface area contributed by atoms with Crippen molar-refractivity contribution >= 4 is 31.3 Å². The molecular weight excluding hydrogens is 406 g/mol. The SMILES string of the molecule is Cc1ccc2sc(C)c(-c3c(S(=O)(=O)c4ccccn4)c(C)nn(C)c3=O)c2c1. The van der Waals surface area contributed by atoms with Crippen molar-refractivity contribution in [2.24, 2.45) is 7.05 Å². The number of aryl methyl sites for hydroxylation is 4. The lowest BCUT2D eigenvalue weighted by Gasteiger charge is -2.14. The van der Waals surface area contributed by atoms with Crippen LogP contribution in [0.4, 0.5) is 0 Å². The van der Waals surface area contributed by atoms with Gasteiger partial charge in [-0.2, -0.15) is 5.10 Å². The molecule has 4 aromatic rings. The highest BCUT2D eigenvalue weighted by Crippen LogP contribution is 2.41. The molecule has 0 N–H and O–H groups in total. The summed E-state index contributed by atoms with van der Waals surface area (Å²) < 4.78 is 29.2. The fraction of sp³-hybridized carbons (Fsp3) is 0.190. The molecule has 29 heavy (non-hydrogen) atoms. The first-order chi connectivity index (χ1) is 13.7. The van der Waals surface area contributed by atoms with E-state index in [9.17, 15) is 13.2 Å². The molecule has 0 spiro atoms. The van der Waals surface area contributed by atoms with Crippen LogP contribution in [0.3, 0.4) is 0 Å². The minimum atomic E-state index is -4.04. The molecule has 0 unspecified atom stereocenters. The van der Waals surface area contributed by atoms with E-state index in [1.807, 2.05) is 32.0 Å². The van der Waals surface area contributed by atoms with Crippen LogP contribution in [0.1, 0.15) is 16.1 Å². The average molecular weight is 426 g/mol. The Labute approximate surface area is 172 Å². The molecule has 8 heteroatoms. The van der Waals surface area contributed by atoms with Gasteiger partial charge >= 0.3 is 0 Å². The van der Waals surface area contributed by atoms with Gasteiger partial charge in [0.05, 0.1) is 11.3 Å². The normalized spacial score (nSPS) is 11.9. The number of nitrogens with zero attached hydrogens (tertiary/aromatic N) is 3. The van der Waals surface area contributed by atoms with E-state index in [0.29, 0.717) is 5.56 Å². The van der Waals surface area contributed by atoms with Crippen molar-refractivity contribution in [3.05, 3.63) is 69.1 Å². The molecule has 0 aliphatic carbocycles. The molecule has 0 radical (unpaired) electrons. The van der Waals surface area contributed by atoms with E-state index < -0.39 is 15.4 Å². The van der Waals surface area contributed by atoms with Crippen LogP contribution < -0.4 is 5.56 Å². The molecule has 0 atom stereocenters. The molecule has 0 saturated carbocycles. The summed E-state index contributed by atoms with van der Waals surface area (Å²) in [6, 6.07) is 10.7. The van der Waals surface area contributed by atoms with Crippen molar-refractivity contribution in [2.45, 2.75) is 30.7 Å². The highest BCUT2D eigenvalue weighted by atomic mass is 32.2. The first-order valence-corrected chi connectivity index (χ1v) is 11.3. The fourth-order valence-electron chi connectivity index (χ4n) is 3.56. The number of hydrogen-bond donors (Lipinski definition) is 0. The van der Waals surface area contributed by atoms with Gasteiger partial charge in [0.1, 0.15) is 4.90 Å². The third kappa shape index (κ3) is 3.08. The minimum Gasteiger partial charge on any atom is -0.267 e. The number of fused-ring (bicyclic) bond motifs is 1. The smallest absolute Gasteiger partial charge is 0.267 e. The van der Waals surface area contributed by atoms with Crippen LogP contribution >= 0.6 is 11.3 Å². The summed E-state index contributed by atoms with van der Waals surface area (Å²) in [5, 5.41) is 4.93. The Hall–Kier alpha value is -2.84. The molecule has 0 aliphatic rings. The highest BCUT2D eigenvalue weighted by molar-refractivity contribution is 7.91. The Morgan fingerprint density at radius 2 is 1.79 bits per heavy atom. The average Bonchev–Trinajstić information content (AvgIpc) is 2.99. The third-order valence-corrected chi connectivity index (χ3v) is 7.73. The molecule has 1 aromatic carbocycles. The van der Waals surface area contributed by atoms with Gasteiger partial charge < -0.3 is 0 Å². The molecular formula is C21H19N3O3S2. The van der Waals surface area contributed by atoms with Crippen molar-refractivity contribution in [2.75, 3.05) is 0 Å². The second kappa shape index (κ2) is 6.89. The first kappa shape index (κ1) is 19.5. The van der Waals surface area contributed by atoms with Gasteiger partial charge in [-0.1, -0.05) is 17.7 Å². The van der Waals surface area contributed by atoms with Crippen LogP contribution in [-0.2, 0) is 16.9 Å². The molecule has 3 aromatic heterocycles. The summed E-state index contributed by atoms with van der Waals surface area (Å²) in [6.45, 7) is 5.48. The van der Waals surface area contributed by atoms with Gasteiger partial charge in [0, 0.05) is 33.8 Å². The number of hydrogen-bond acceptors (Lipinski definition) is 6. The van der Waals surface area contributed by atoms with E-state index in [0.717, 1.165) is 20.5 Å². The summed E-state index contributed by atoms with van der Waals surface area (Å²) in [4.78, 5) is 18.0. The molecule has 6 nitrogen and oxygen atoms in total. The molecule has 0 aliphatic heterocycles. The maximum absolute atomic E-state index is 13.5. The first-order valence-electron chi connectivity index (χ1n) is 8.96. The minimum absolute atomic E-state index is 0.0800. The molecule has 0 amide bonds. The number of rotatable bonds is 3. The van der Waals surface area contributed by atoms with Crippen LogP contribution in [0, 0.1) is 20.8 Å². The largest absolute Gasteiger partial charge is 0.275 e. The number of aromatic nitrogens is 3. The maximum Gasteiger partial charge on any atom is 0.275 e. The third-order valence-electron chi connectivity index (χ3n) is 4.81. The molecule has 0 saturated heterocycles. The lowest BCUT2D eigenvalue weighted by Crippen LogP contribution is -2.26. The molecule has 3 heterocycles. The van der Waals surface area contributed by atoms with E-state index in [1.54, 1.807) is 19.1 Å². The second-order valence-corrected chi connectivity index (χ2v) is 10.0. The van der Waals surface area contributed by atoms with Crippen molar-refractivity contribution < 1.29 is 8.42 Å². The zero-order chi connectivity index (χ0) is 20.9. The molecule has 0 bridgehead atoms. The van der Waals surface area contributed by atoms with Crippen LogP contribution in [-0.4, -0.2) is 23.2 Å². The zero-order valence-electron chi connectivity index (χ0n) is 16.4. The second-order valence-electron chi connectivity index (χ2n) is 6.92. The number of pyridine rings is 1. The Balaban J connectivity index is 2.18. The monoisotopic (exact) mass is 425 g/mol. The lowest BCUT2D eigenvalue weighted by molar-refractivity contribution is 0.587. The predicted octanol–water partition coefficient (Wildman–Crippen LogP) is 3.82. The van der Waals surface area contributed by atoms with Gasteiger partial charge in [-0.15, -0.1) is 11.3 Å². The Morgan fingerprint density at radius 1 is 1.03 bits per heavy atom. The van der Waals surface area contributed by atoms with Gasteiger partial charge in [0.15, 0.2) is 5.03 Å². The lowest BCUT2D eigenvalue weighted by atomic mass is 10.0. The van der Waals surface area contributed by atoms with Gasteiger partial charge in [0.2, 0.25) is 9.84 Å². The zero-order valence-corrected chi connectivity index (χ0v) is 18.1. The van der Waals surface area contributed by atoms with E-state index in [2.05, 4.69) is 10.1 Å². The number of benzene rings is 1. The summed E-state index contributed by atoms with van der Waals surface area (Å²) in [7, 11) is -2.51. The van der Waals surface area contributed by atoms with Crippen molar-refractivity contribution in [1.82, 2.24) is 14.8 Å². The van der Waals surface area contributed by atoms with Crippen LogP contribution in [0.2, 0.25) is 0 Å². The standard InChI is InChI=1S/C21H19N3O3S2/c1-12-8-9-16-15(11-12)18(14(3)28-16)19-20(13(2)23-24(4)21(19)25)29(26,27)17-7-5-6-10-22-17/h5-11H,1-4H3. The maximum atomic E-state index is 13.5. The van der Waals surface area contributed by atoms with Crippen molar-refractivity contribution in [1.29, 1.82) is 0 Å². The van der Waals surface area contributed by atoms with Gasteiger partial charge in [-0.25, -0.2) is 18.1 Å². The van der Waals surface area contributed by atoms with Crippen molar-refractivity contribution in [3.8, 4) is 11.1 Å². The quantitative estimate of drug-likeness (QED) is 0.498. The molecule has 4 rings (SSSR count). The fourth-order valence-corrected chi connectivity index (χ4v) is 6.17. The van der Waals surface area contributed by atoms with E-state index in [4.69, 9.17) is 0 Å². The highest BCUT2D eigenvalue weighted by Gasteiger charge is 2.31. The Bertz CT molecular complexity index is 1420. The van der Waals surface area contributed by atoms with Crippen LogP contribution in [0.15, 0.2) is 57.3 Å². The summed E-state index contributed by atoms with van der Waals surface area (Å²) >= 11 is 1.54. The number of thiophene rings is 1. The van der Waals surface area contributed by atoms with Crippen LogP contribution in [0.5, 0.6) is 0 Å². The Kier molecular flexibility index (Phi) is 4.63. The molecule has 148 valence electrons. The van der Waals surface area contributed by atoms with Gasteiger partial charge in [0.25, 0.3) is 5.56 Å². The van der Waals surface area contributed by atoms with Crippen LogP contribution in [0.25, 0.3) is 21.2 Å². The number of sulfone groups is 1. The van der Waals surface area contributed by atoms with Crippen molar-refractivity contribution in [3.63, 3.8) is 0 Å². The van der Waals surface area contributed by atoms with E-state index in [-0.39, 0.29) is 21.2 Å². The topological polar surface area (TPSA) is 81.9 Å². The summed E-state index contributed by atoms with van der Waals surface area (Å²) in [6.07, 6.45) is 1.42. The predicted molar refractivity (Wildman–Crippen MR) is 114 cm³/mol. The van der Waals surface area contributed by atoms with E-state index in [1.165, 1.54) is 35.3 Å².